The van der Waals surface area contributed by atoms with E-state index in [0.29, 0.717) is 16.4 Å². The van der Waals surface area contributed by atoms with E-state index < -0.39 is 12.1 Å². The summed E-state index contributed by atoms with van der Waals surface area (Å²) in [6.07, 6.45) is 2.43. The normalized spacial score (nSPS) is 16.6. The first-order valence-corrected chi connectivity index (χ1v) is 7.87. The number of nitrogens with zero attached hydrogens (tertiary/aromatic N) is 2. The van der Waals surface area contributed by atoms with E-state index >= 15 is 0 Å². The summed E-state index contributed by atoms with van der Waals surface area (Å²) in [5.41, 5.74) is 1.20. The molecule has 0 saturated carbocycles. The fraction of sp³-hybridized carbons (Fsp3) is 0.118. The number of hydrogen-bond donors (Lipinski definition) is 3. The molecule has 0 saturated heterocycles. The van der Waals surface area contributed by atoms with Crippen molar-refractivity contribution in [1.82, 2.24) is 15.3 Å². The molecule has 3 N–H and O–H groups in total. The highest BCUT2D eigenvalue weighted by Crippen LogP contribution is 2.34. The number of carbonyl (C=O) groups is 2. The fourth-order valence-corrected chi connectivity index (χ4v) is 3.27. The van der Waals surface area contributed by atoms with Crippen molar-refractivity contribution >= 4 is 39.9 Å². The number of amides is 1. The molecule has 7 nitrogen and oxygen atoms in total. The van der Waals surface area contributed by atoms with Gasteiger partial charge in [-0.05, 0) is 23.6 Å². The van der Waals surface area contributed by atoms with E-state index in [2.05, 4.69) is 15.3 Å². The van der Waals surface area contributed by atoms with Gasteiger partial charge in [0.1, 0.15) is 17.4 Å². The van der Waals surface area contributed by atoms with Crippen molar-refractivity contribution in [1.29, 1.82) is 0 Å². The Morgan fingerprint density at radius 3 is 2.88 bits per heavy atom. The SMILES string of the molecule is CN1c2c(C(=O)O)c[nH]c2C(=O)NC1c1cc2cc(Cl)ccc2cn1. The second kappa shape index (κ2) is 5.49. The molecule has 3 heterocycles. The molecule has 1 aromatic carbocycles. The minimum Gasteiger partial charge on any atom is -0.478 e. The zero-order chi connectivity index (χ0) is 17.7. The third-order valence-corrected chi connectivity index (χ3v) is 4.54. The van der Waals surface area contributed by atoms with Crippen LogP contribution in [0.5, 0.6) is 0 Å². The number of fused-ring (bicyclic) bond motifs is 2. The Morgan fingerprint density at radius 1 is 1.32 bits per heavy atom. The molecule has 0 aliphatic carbocycles. The maximum atomic E-state index is 12.4. The number of aromatic amines is 1. The molecule has 0 bridgehead atoms. The van der Waals surface area contributed by atoms with Crippen LogP contribution in [0.4, 0.5) is 5.69 Å². The van der Waals surface area contributed by atoms with Gasteiger partial charge in [0.05, 0.1) is 11.4 Å². The number of benzene rings is 1. The topological polar surface area (TPSA) is 98.3 Å². The van der Waals surface area contributed by atoms with E-state index in [1.807, 2.05) is 18.2 Å². The first-order chi connectivity index (χ1) is 12.0. The molecule has 0 spiro atoms. The van der Waals surface area contributed by atoms with Gasteiger partial charge in [-0.2, -0.15) is 0 Å². The molecule has 126 valence electrons. The summed E-state index contributed by atoms with van der Waals surface area (Å²) in [5, 5.41) is 14.6. The molecule has 0 fully saturated rings. The van der Waals surface area contributed by atoms with Gasteiger partial charge in [0.15, 0.2) is 0 Å². The Labute approximate surface area is 147 Å². The van der Waals surface area contributed by atoms with Crippen molar-refractivity contribution in [3.8, 4) is 0 Å². The molecule has 1 atom stereocenters. The molecule has 25 heavy (non-hydrogen) atoms. The van der Waals surface area contributed by atoms with Crippen LogP contribution < -0.4 is 10.2 Å². The number of pyridine rings is 1. The van der Waals surface area contributed by atoms with Crippen molar-refractivity contribution in [3.63, 3.8) is 0 Å². The van der Waals surface area contributed by atoms with E-state index in [9.17, 15) is 14.7 Å². The van der Waals surface area contributed by atoms with Crippen LogP contribution in [0.15, 0.2) is 36.7 Å². The molecule has 8 heteroatoms. The monoisotopic (exact) mass is 356 g/mol. The van der Waals surface area contributed by atoms with Gasteiger partial charge in [-0.3, -0.25) is 9.78 Å². The predicted molar refractivity (Wildman–Crippen MR) is 93.1 cm³/mol. The van der Waals surface area contributed by atoms with Crippen LogP contribution in [0, 0.1) is 0 Å². The van der Waals surface area contributed by atoms with Gasteiger partial charge in [0.25, 0.3) is 5.91 Å². The zero-order valence-electron chi connectivity index (χ0n) is 13.1. The van der Waals surface area contributed by atoms with E-state index in [-0.39, 0.29) is 17.2 Å². The molecule has 1 amide bonds. The largest absolute Gasteiger partial charge is 0.478 e. The van der Waals surface area contributed by atoms with Crippen LogP contribution in [0.3, 0.4) is 0 Å². The fourth-order valence-electron chi connectivity index (χ4n) is 3.09. The lowest BCUT2D eigenvalue weighted by Crippen LogP contribution is -2.45. The average Bonchev–Trinajstić information content (AvgIpc) is 3.03. The smallest absolute Gasteiger partial charge is 0.339 e. The summed E-state index contributed by atoms with van der Waals surface area (Å²) in [6, 6.07) is 7.30. The lowest BCUT2D eigenvalue weighted by atomic mass is 10.1. The molecule has 1 aliphatic heterocycles. The van der Waals surface area contributed by atoms with Gasteiger partial charge < -0.3 is 20.3 Å². The Balaban J connectivity index is 1.82. The number of rotatable bonds is 2. The molecule has 2 aromatic heterocycles. The number of aromatic nitrogens is 2. The Morgan fingerprint density at radius 2 is 2.12 bits per heavy atom. The number of anilines is 1. The average molecular weight is 357 g/mol. The van der Waals surface area contributed by atoms with Crippen LogP contribution >= 0.6 is 11.6 Å². The molecule has 0 radical (unpaired) electrons. The molecule has 3 aromatic rings. The lowest BCUT2D eigenvalue weighted by Gasteiger charge is -2.34. The van der Waals surface area contributed by atoms with Crippen molar-refractivity contribution < 1.29 is 14.7 Å². The van der Waals surface area contributed by atoms with Crippen molar-refractivity contribution in [2.24, 2.45) is 0 Å². The molecular weight excluding hydrogens is 344 g/mol. The van der Waals surface area contributed by atoms with Crippen LogP contribution in [0.25, 0.3) is 10.8 Å². The van der Waals surface area contributed by atoms with Crippen molar-refractivity contribution in [2.45, 2.75) is 6.17 Å². The minimum absolute atomic E-state index is 0.0428. The molecular formula is C17H13ClN4O3. The second-order valence-corrected chi connectivity index (χ2v) is 6.26. The first kappa shape index (κ1) is 15.5. The van der Waals surface area contributed by atoms with Crippen LogP contribution in [-0.2, 0) is 0 Å². The number of carbonyl (C=O) groups excluding carboxylic acids is 1. The van der Waals surface area contributed by atoms with E-state index in [4.69, 9.17) is 11.6 Å². The third kappa shape index (κ3) is 2.40. The highest BCUT2D eigenvalue weighted by molar-refractivity contribution is 6.31. The Bertz CT molecular complexity index is 1020. The summed E-state index contributed by atoms with van der Waals surface area (Å²) in [4.78, 5) is 32.6. The number of carboxylic acids is 1. The van der Waals surface area contributed by atoms with Gasteiger partial charge in [0.2, 0.25) is 0 Å². The van der Waals surface area contributed by atoms with Crippen LogP contribution in [0.1, 0.15) is 32.7 Å². The molecule has 1 aliphatic rings. The zero-order valence-corrected chi connectivity index (χ0v) is 13.8. The van der Waals surface area contributed by atoms with Gasteiger partial charge in [-0.15, -0.1) is 0 Å². The van der Waals surface area contributed by atoms with Gasteiger partial charge in [-0.1, -0.05) is 17.7 Å². The lowest BCUT2D eigenvalue weighted by molar-refractivity contribution is 0.0697. The van der Waals surface area contributed by atoms with Crippen LogP contribution in [-0.4, -0.2) is 34.0 Å². The van der Waals surface area contributed by atoms with E-state index in [0.717, 1.165) is 10.8 Å². The minimum atomic E-state index is -1.10. The highest BCUT2D eigenvalue weighted by atomic mass is 35.5. The second-order valence-electron chi connectivity index (χ2n) is 5.82. The Hall–Kier alpha value is -3.06. The molecule has 4 rings (SSSR count). The number of H-pyrrole nitrogens is 1. The maximum absolute atomic E-state index is 12.4. The van der Waals surface area contributed by atoms with E-state index in [1.165, 1.54) is 6.20 Å². The van der Waals surface area contributed by atoms with Crippen molar-refractivity contribution in [3.05, 3.63) is 58.6 Å². The Kier molecular flexibility index (Phi) is 3.40. The van der Waals surface area contributed by atoms with Crippen LogP contribution in [0.2, 0.25) is 5.02 Å². The predicted octanol–water partition coefficient (Wildman–Crippen LogP) is 2.79. The first-order valence-electron chi connectivity index (χ1n) is 7.49. The quantitative estimate of drug-likeness (QED) is 0.655. The summed E-state index contributed by atoms with van der Waals surface area (Å²) < 4.78 is 0. The number of halogens is 1. The van der Waals surface area contributed by atoms with Gasteiger partial charge in [-0.25, -0.2) is 4.79 Å². The summed E-state index contributed by atoms with van der Waals surface area (Å²) in [6.45, 7) is 0. The number of hydrogen-bond acceptors (Lipinski definition) is 4. The summed E-state index contributed by atoms with van der Waals surface area (Å²) in [7, 11) is 1.72. The number of nitrogens with one attached hydrogen (secondary N) is 2. The molecule has 1 unspecified atom stereocenters. The van der Waals surface area contributed by atoms with Gasteiger partial charge >= 0.3 is 5.97 Å². The summed E-state index contributed by atoms with van der Waals surface area (Å²) in [5.74, 6) is -1.48. The number of aromatic carboxylic acids is 1. The summed E-state index contributed by atoms with van der Waals surface area (Å²) >= 11 is 6.05. The maximum Gasteiger partial charge on any atom is 0.339 e. The van der Waals surface area contributed by atoms with Crippen molar-refractivity contribution in [2.75, 3.05) is 11.9 Å². The highest BCUT2D eigenvalue weighted by Gasteiger charge is 2.35. The standard InChI is InChI=1S/C17H13ClN4O3/c1-22-14-11(17(24)25)7-20-13(14)16(23)21-15(22)12-5-9-4-10(18)3-2-8(9)6-19-12/h2-7,15,20H,1H3,(H,21,23)(H,24,25). The third-order valence-electron chi connectivity index (χ3n) is 4.30. The number of carboxylic acid groups (broad SMARTS) is 1. The van der Waals surface area contributed by atoms with E-state index in [1.54, 1.807) is 24.2 Å². The van der Waals surface area contributed by atoms with Gasteiger partial charge in [0, 0.05) is 29.9 Å².